The van der Waals surface area contributed by atoms with E-state index in [0.29, 0.717) is 11.6 Å². The zero-order valence-corrected chi connectivity index (χ0v) is 11.7. The zero-order chi connectivity index (χ0) is 13.7. The highest BCUT2D eigenvalue weighted by Gasteiger charge is 2.13. The molecule has 2 aromatic rings. The molecule has 0 amide bonds. The fraction of sp³-hybridized carbons (Fsp3) is 0.250. The molecule has 0 aliphatic rings. The summed E-state index contributed by atoms with van der Waals surface area (Å²) in [7, 11) is 0. The number of nitrogens with two attached hydrogens (primary N) is 1. The summed E-state index contributed by atoms with van der Waals surface area (Å²) >= 11 is 5.90. The van der Waals surface area contributed by atoms with Crippen LogP contribution in [-0.2, 0) is 0 Å². The molecular weight excluding hydrogens is 258 g/mol. The molecule has 2 N–H and O–H groups in total. The standard InChI is InChI=1S/C16H18ClNO/c1-2-11-19-15-6-4-3-5-14(15)16(18)12-7-9-13(17)10-8-12/h3-10,16H,2,11,18H2,1H3. The lowest BCUT2D eigenvalue weighted by Gasteiger charge is -2.17. The molecular formula is C16H18ClNO. The van der Waals surface area contributed by atoms with Gasteiger partial charge >= 0.3 is 0 Å². The van der Waals surface area contributed by atoms with Crippen molar-refractivity contribution in [1.29, 1.82) is 0 Å². The van der Waals surface area contributed by atoms with Gasteiger partial charge in [0.15, 0.2) is 0 Å². The van der Waals surface area contributed by atoms with Crippen LogP contribution in [0.3, 0.4) is 0 Å². The van der Waals surface area contributed by atoms with Crippen molar-refractivity contribution in [3.8, 4) is 5.75 Å². The second-order valence-corrected chi connectivity index (χ2v) is 4.85. The number of rotatable bonds is 5. The summed E-state index contributed by atoms with van der Waals surface area (Å²) in [6, 6.07) is 15.3. The molecule has 3 heteroatoms. The van der Waals surface area contributed by atoms with Crippen LogP contribution < -0.4 is 10.5 Å². The van der Waals surface area contributed by atoms with Crippen molar-refractivity contribution in [2.75, 3.05) is 6.61 Å². The number of benzene rings is 2. The van der Waals surface area contributed by atoms with Gasteiger partial charge in [-0.05, 0) is 30.2 Å². The highest BCUT2D eigenvalue weighted by atomic mass is 35.5. The van der Waals surface area contributed by atoms with E-state index in [4.69, 9.17) is 22.1 Å². The first-order valence-corrected chi connectivity index (χ1v) is 6.83. The predicted octanol–water partition coefficient (Wildman–Crippen LogP) is 4.18. The maximum atomic E-state index is 6.32. The Labute approximate surface area is 119 Å². The van der Waals surface area contributed by atoms with E-state index < -0.39 is 0 Å². The summed E-state index contributed by atoms with van der Waals surface area (Å²) in [5, 5.41) is 0.714. The summed E-state index contributed by atoms with van der Waals surface area (Å²) in [5.74, 6) is 0.854. The Morgan fingerprint density at radius 3 is 2.47 bits per heavy atom. The third kappa shape index (κ3) is 3.49. The Morgan fingerprint density at radius 2 is 1.79 bits per heavy atom. The monoisotopic (exact) mass is 275 g/mol. The molecule has 100 valence electrons. The van der Waals surface area contributed by atoms with Gasteiger partial charge in [-0.25, -0.2) is 0 Å². The average Bonchev–Trinajstić information content (AvgIpc) is 2.45. The normalized spacial score (nSPS) is 12.2. The van der Waals surface area contributed by atoms with Crippen LogP contribution in [0.2, 0.25) is 5.02 Å². The van der Waals surface area contributed by atoms with Gasteiger partial charge in [-0.1, -0.05) is 48.9 Å². The number of hydrogen-bond acceptors (Lipinski definition) is 2. The molecule has 0 heterocycles. The van der Waals surface area contributed by atoms with E-state index in [1.807, 2.05) is 48.5 Å². The van der Waals surface area contributed by atoms with Gasteiger partial charge < -0.3 is 10.5 Å². The maximum absolute atomic E-state index is 6.32. The third-order valence-electron chi connectivity index (χ3n) is 2.94. The lowest BCUT2D eigenvalue weighted by atomic mass is 9.99. The summed E-state index contributed by atoms with van der Waals surface area (Å²) in [4.78, 5) is 0. The van der Waals surface area contributed by atoms with Crippen molar-refractivity contribution in [2.45, 2.75) is 19.4 Å². The summed E-state index contributed by atoms with van der Waals surface area (Å²) < 4.78 is 5.75. The van der Waals surface area contributed by atoms with Crippen LogP contribution in [0.1, 0.15) is 30.5 Å². The Balaban J connectivity index is 2.27. The van der Waals surface area contributed by atoms with Crippen molar-refractivity contribution in [3.63, 3.8) is 0 Å². The van der Waals surface area contributed by atoms with Crippen molar-refractivity contribution >= 4 is 11.6 Å². The van der Waals surface area contributed by atoms with E-state index in [2.05, 4.69) is 6.92 Å². The van der Waals surface area contributed by atoms with E-state index in [0.717, 1.165) is 23.3 Å². The summed E-state index contributed by atoms with van der Waals surface area (Å²) in [5.41, 5.74) is 8.34. The molecule has 2 nitrogen and oxygen atoms in total. The molecule has 0 aromatic heterocycles. The number of halogens is 1. The Bertz CT molecular complexity index is 525. The zero-order valence-electron chi connectivity index (χ0n) is 11.0. The molecule has 0 saturated heterocycles. The van der Waals surface area contributed by atoms with Crippen LogP contribution in [0.15, 0.2) is 48.5 Å². The fourth-order valence-electron chi connectivity index (χ4n) is 1.93. The second kappa shape index (κ2) is 6.60. The summed E-state index contributed by atoms with van der Waals surface area (Å²) in [6.07, 6.45) is 0.977. The number of para-hydroxylation sites is 1. The number of ether oxygens (including phenoxy) is 1. The predicted molar refractivity (Wildman–Crippen MR) is 79.7 cm³/mol. The molecule has 0 aliphatic carbocycles. The first kappa shape index (κ1) is 13.9. The first-order valence-electron chi connectivity index (χ1n) is 6.45. The van der Waals surface area contributed by atoms with Gasteiger partial charge in [0.05, 0.1) is 12.6 Å². The minimum absolute atomic E-state index is 0.203. The van der Waals surface area contributed by atoms with E-state index in [1.165, 1.54) is 0 Å². The van der Waals surface area contributed by atoms with Crippen LogP contribution >= 0.6 is 11.6 Å². The molecule has 0 fully saturated rings. The molecule has 19 heavy (non-hydrogen) atoms. The molecule has 0 bridgehead atoms. The van der Waals surface area contributed by atoms with Crippen molar-refractivity contribution in [1.82, 2.24) is 0 Å². The van der Waals surface area contributed by atoms with Crippen molar-refractivity contribution in [3.05, 3.63) is 64.7 Å². The van der Waals surface area contributed by atoms with Crippen LogP contribution in [-0.4, -0.2) is 6.61 Å². The highest BCUT2D eigenvalue weighted by Crippen LogP contribution is 2.28. The molecule has 1 atom stereocenters. The van der Waals surface area contributed by atoms with Crippen LogP contribution in [0.25, 0.3) is 0 Å². The number of hydrogen-bond donors (Lipinski definition) is 1. The summed E-state index contributed by atoms with van der Waals surface area (Å²) in [6.45, 7) is 2.78. The van der Waals surface area contributed by atoms with Gasteiger partial charge in [0, 0.05) is 10.6 Å². The topological polar surface area (TPSA) is 35.2 Å². The quantitative estimate of drug-likeness (QED) is 0.888. The van der Waals surface area contributed by atoms with E-state index in [-0.39, 0.29) is 6.04 Å². The molecule has 0 saturated carbocycles. The van der Waals surface area contributed by atoms with Gasteiger partial charge in [-0.3, -0.25) is 0 Å². The van der Waals surface area contributed by atoms with Crippen LogP contribution in [0.4, 0.5) is 0 Å². The van der Waals surface area contributed by atoms with Gasteiger partial charge in [0.1, 0.15) is 5.75 Å². The van der Waals surface area contributed by atoms with E-state index >= 15 is 0 Å². The molecule has 2 rings (SSSR count). The average molecular weight is 276 g/mol. The molecule has 1 unspecified atom stereocenters. The smallest absolute Gasteiger partial charge is 0.124 e. The first-order chi connectivity index (χ1) is 9.22. The molecule has 0 aliphatic heterocycles. The minimum atomic E-state index is -0.203. The highest BCUT2D eigenvalue weighted by molar-refractivity contribution is 6.30. The molecule has 0 spiro atoms. The lowest BCUT2D eigenvalue weighted by Crippen LogP contribution is -2.13. The minimum Gasteiger partial charge on any atom is -0.493 e. The third-order valence-corrected chi connectivity index (χ3v) is 3.20. The van der Waals surface area contributed by atoms with E-state index in [9.17, 15) is 0 Å². The Kier molecular flexibility index (Phi) is 4.83. The molecule has 2 aromatic carbocycles. The maximum Gasteiger partial charge on any atom is 0.124 e. The van der Waals surface area contributed by atoms with Gasteiger partial charge in [-0.15, -0.1) is 0 Å². The van der Waals surface area contributed by atoms with Gasteiger partial charge in [0.2, 0.25) is 0 Å². The Hall–Kier alpha value is -1.51. The van der Waals surface area contributed by atoms with Crippen molar-refractivity contribution in [2.24, 2.45) is 5.73 Å². The van der Waals surface area contributed by atoms with E-state index in [1.54, 1.807) is 0 Å². The van der Waals surface area contributed by atoms with Crippen LogP contribution in [0.5, 0.6) is 5.75 Å². The Morgan fingerprint density at radius 1 is 1.11 bits per heavy atom. The van der Waals surface area contributed by atoms with Gasteiger partial charge in [-0.2, -0.15) is 0 Å². The lowest BCUT2D eigenvalue weighted by molar-refractivity contribution is 0.313. The molecule has 0 radical (unpaired) electrons. The van der Waals surface area contributed by atoms with Crippen LogP contribution in [0, 0.1) is 0 Å². The SMILES string of the molecule is CCCOc1ccccc1C(N)c1ccc(Cl)cc1. The van der Waals surface area contributed by atoms with Crippen molar-refractivity contribution < 1.29 is 4.74 Å². The largest absolute Gasteiger partial charge is 0.493 e. The fourth-order valence-corrected chi connectivity index (χ4v) is 2.06. The second-order valence-electron chi connectivity index (χ2n) is 4.42. The van der Waals surface area contributed by atoms with Gasteiger partial charge in [0.25, 0.3) is 0 Å².